The van der Waals surface area contributed by atoms with Gasteiger partial charge in [-0.25, -0.2) is 8.42 Å². The Kier molecular flexibility index (Phi) is 5.52. The van der Waals surface area contributed by atoms with Gasteiger partial charge in [0.2, 0.25) is 5.91 Å². The van der Waals surface area contributed by atoms with Gasteiger partial charge in [0.1, 0.15) is 6.04 Å². The van der Waals surface area contributed by atoms with E-state index in [4.69, 9.17) is 5.11 Å². The summed E-state index contributed by atoms with van der Waals surface area (Å²) in [5.74, 6) is -1.12. The van der Waals surface area contributed by atoms with E-state index in [0.717, 1.165) is 0 Å². The van der Waals surface area contributed by atoms with Gasteiger partial charge in [0.15, 0.2) is 9.84 Å². The number of amides is 1. The first kappa shape index (κ1) is 16.9. The molecule has 1 heterocycles. The van der Waals surface area contributed by atoms with Crippen LogP contribution in [0.25, 0.3) is 0 Å². The van der Waals surface area contributed by atoms with Crippen LogP contribution in [-0.2, 0) is 19.4 Å². The van der Waals surface area contributed by atoms with E-state index in [0.29, 0.717) is 12.8 Å². The summed E-state index contributed by atoms with van der Waals surface area (Å²) in [5, 5.41) is 9.03. The number of sulfone groups is 1. The summed E-state index contributed by atoms with van der Waals surface area (Å²) in [6, 6.07) is -1.01. The first-order chi connectivity index (χ1) is 9.18. The minimum atomic E-state index is -3.04. The Balaban J connectivity index is 2.60. The molecule has 0 radical (unpaired) electrons. The lowest BCUT2D eigenvalue weighted by Crippen LogP contribution is -2.47. The van der Waals surface area contributed by atoms with Crippen LogP contribution in [0.3, 0.4) is 0 Å². The zero-order valence-corrected chi connectivity index (χ0v) is 12.9. The van der Waals surface area contributed by atoms with E-state index in [1.54, 1.807) is 21.0 Å². The standard InChI is InChI=1S/C12H22N2O5S/c1-4-10(12(16)17)13(2)7-11(15)14(3)9-5-6-20(18,19)8-9/h9-10H,4-8H2,1-3H3,(H,16,17). The number of hydrogen-bond acceptors (Lipinski definition) is 5. The predicted octanol–water partition coefficient (Wildman–Crippen LogP) is -0.573. The van der Waals surface area contributed by atoms with Crippen LogP contribution in [0.5, 0.6) is 0 Å². The Morgan fingerprint density at radius 1 is 1.35 bits per heavy atom. The first-order valence-electron chi connectivity index (χ1n) is 6.57. The van der Waals surface area contributed by atoms with Crippen LogP contribution < -0.4 is 0 Å². The number of hydrogen-bond donors (Lipinski definition) is 1. The lowest BCUT2D eigenvalue weighted by Gasteiger charge is -2.28. The van der Waals surface area contributed by atoms with Gasteiger partial charge in [-0.15, -0.1) is 0 Å². The van der Waals surface area contributed by atoms with Crippen molar-refractivity contribution in [1.82, 2.24) is 9.80 Å². The van der Waals surface area contributed by atoms with Gasteiger partial charge in [-0.1, -0.05) is 6.92 Å². The molecule has 0 spiro atoms. The molecule has 2 atom stereocenters. The molecule has 1 aliphatic rings. The second-order valence-electron chi connectivity index (χ2n) is 5.24. The van der Waals surface area contributed by atoms with Gasteiger partial charge < -0.3 is 10.0 Å². The molecular formula is C12H22N2O5S. The van der Waals surface area contributed by atoms with Gasteiger partial charge in [0.25, 0.3) is 0 Å². The van der Waals surface area contributed by atoms with Crippen LogP contribution in [-0.4, -0.2) is 79.4 Å². The van der Waals surface area contributed by atoms with E-state index in [2.05, 4.69) is 0 Å². The third-order valence-electron chi connectivity index (χ3n) is 3.74. The van der Waals surface area contributed by atoms with Crippen LogP contribution in [0.4, 0.5) is 0 Å². The maximum atomic E-state index is 12.1. The summed E-state index contributed by atoms with van der Waals surface area (Å²) >= 11 is 0. The molecule has 2 unspecified atom stereocenters. The molecule has 0 aliphatic carbocycles. The molecule has 1 rings (SSSR count). The highest BCUT2D eigenvalue weighted by atomic mass is 32.2. The molecule has 0 saturated carbocycles. The van der Waals surface area contributed by atoms with Crippen molar-refractivity contribution in [2.45, 2.75) is 31.8 Å². The molecule has 1 saturated heterocycles. The highest BCUT2D eigenvalue weighted by Crippen LogP contribution is 2.17. The molecule has 1 amide bonds. The average molecular weight is 306 g/mol. The highest BCUT2D eigenvalue weighted by Gasteiger charge is 2.33. The minimum absolute atomic E-state index is 0.00487. The molecule has 0 aromatic heterocycles. The van der Waals surface area contributed by atoms with Gasteiger partial charge >= 0.3 is 5.97 Å². The largest absolute Gasteiger partial charge is 0.480 e. The minimum Gasteiger partial charge on any atom is -0.480 e. The summed E-state index contributed by atoms with van der Waals surface area (Å²) in [6.45, 7) is 1.71. The Labute approximate surface area is 119 Å². The fraction of sp³-hybridized carbons (Fsp3) is 0.833. The average Bonchev–Trinajstić information content (AvgIpc) is 2.68. The molecule has 7 nitrogen and oxygen atoms in total. The number of nitrogens with zero attached hydrogens (tertiary/aromatic N) is 2. The maximum absolute atomic E-state index is 12.1. The Bertz CT molecular complexity index is 476. The van der Waals surface area contributed by atoms with Gasteiger partial charge in [0, 0.05) is 13.1 Å². The number of rotatable bonds is 6. The first-order valence-corrected chi connectivity index (χ1v) is 8.39. The van der Waals surface area contributed by atoms with Crippen molar-refractivity contribution in [1.29, 1.82) is 0 Å². The van der Waals surface area contributed by atoms with Crippen molar-refractivity contribution in [2.24, 2.45) is 0 Å². The smallest absolute Gasteiger partial charge is 0.320 e. The van der Waals surface area contributed by atoms with Crippen LogP contribution >= 0.6 is 0 Å². The van der Waals surface area contributed by atoms with E-state index in [1.807, 2.05) is 0 Å². The molecule has 0 aromatic carbocycles. The second-order valence-corrected chi connectivity index (χ2v) is 7.47. The third-order valence-corrected chi connectivity index (χ3v) is 5.49. The van der Waals surface area contributed by atoms with E-state index < -0.39 is 21.8 Å². The Morgan fingerprint density at radius 2 is 1.95 bits per heavy atom. The van der Waals surface area contributed by atoms with Crippen molar-refractivity contribution < 1.29 is 23.1 Å². The number of likely N-dealkylation sites (N-methyl/N-ethyl adjacent to an activating group) is 2. The lowest BCUT2D eigenvalue weighted by atomic mass is 10.2. The summed E-state index contributed by atoms with van der Waals surface area (Å²) in [6.07, 6.45) is 0.852. The normalized spacial score (nSPS) is 22.7. The molecule has 1 aliphatic heterocycles. The van der Waals surface area contributed by atoms with Crippen molar-refractivity contribution in [3.63, 3.8) is 0 Å². The van der Waals surface area contributed by atoms with E-state index in [9.17, 15) is 18.0 Å². The van der Waals surface area contributed by atoms with Crippen LogP contribution in [0, 0.1) is 0 Å². The maximum Gasteiger partial charge on any atom is 0.320 e. The molecule has 20 heavy (non-hydrogen) atoms. The van der Waals surface area contributed by atoms with Crippen molar-refractivity contribution in [3.05, 3.63) is 0 Å². The van der Waals surface area contributed by atoms with Crippen LogP contribution in [0.1, 0.15) is 19.8 Å². The summed E-state index contributed by atoms with van der Waals surface area (Å²) < 4.78 is 22.8. The van der Waals surface area contributed by atoms with Crippen molar-refractivity contribution in [2.75, 3.05) is 32.1 Å². The molecule has 0 aromatic rings. The quantitative estimate of drug-likeness (QED) is 0.706. The topological polar surface area (TPSA) is 95.0 Å². The SMILES string of the molecule is CCC(C(=O)O)N(C)CC(=O)N(C)C1CCS(=O)(=O)C1. The number of carbonyl (C=O) groups is 2. The third kappa shape index (κ3) is 4.17. The fourth-order valence-electron chi connectivity index (χ4n) is 2.39. The number of carboxylic acid groups (broad SMARTS) is 1. The monoisotopic (exact) mass is 306 g/mol. The highest BCUT2D eigenvalue weighted by molar-refractivity contribution is 7.91. The Hall–Kier alpha value is -1.15. The number of aliphatic carboxylic acids is 1. The molecule has 0 bridgehead atoms. The summed E-state index contributed by atoms with van der Waals surface area (Å²) in [5.41, 5.74) is 0. The van der Waals surface area contributed by atoms with E-state index in [1.165, 1.54) is 9.80 Å². The van der Waals surface area contributed by atoms with Gasteiger partial charge in [0.05, 0.1) is 18.1 Å². The van der Waals surface area contributed by atoms with Crippen LogP contribution in [0.15, 0.2) is 0 Å². The van der Waals surface area contributed by atoms with Gasteiger partial charge in [-0.05, 0) is 19.9 Å². The number of carboxylic acids is 1. The van der Waals surface area contributed by atoms with E-state index >= 15 is 0 Å². The summed E-state index contributed by atoms with van der Waals surface area (Å²) in [7, 11) is 0.117. The zero-order valence-electron chi connectivity index (χ0n) is 12.1. The Morgan fingerprint density at radius 3 is 2.35 bits per heavy atom. The number of carbonyl (C=O) groups excluding carboxylic acids is 1. The van der Waals surface area contributed by atoms with Crippen LogP contribution in [0.2, 0.25) is 0 Å². The zero-order chi connectivity index (χ0) is 15.5. The molecule has 1 N–H and O–H groups in total. The van der Waals surface area contributed by atoms with Crippen molar-refractivity contribution in [3.8, 4) is 0 Å². The molecule has 8 heteroatoms. The van der Waals surface area contributed by atoms with E-state index in [-0.39, 0.29) is 30.0 Å². The predicted molar refractivity (Wildman–Crippen MR) is 74.2 cm³/mol. The van der Waals surface area contributed by atoms with Gasteiger partial charge in [-0.2, -0.15) is 0 Å². The molecule has 116 valence electrons. The lowest BCUT2D eigenvalue weighted by molar-refractivity contribution is -0.144. The fourth-order valence-corrected chi connectivity index (χ4v) is 4.17. The molecular weight excluding hydrogens is 284 g/mol. The summed E-state index contributed by atoms with van der Waals surface area (Å²) in [4.78, 5) is 26.0. The van der Waals surface area contributed by atoms with Gasteiger partial charge in [-0.3, -0.25) is 14.5 Å². The van der Waals surface area contributed by atoms with Crippen molar-refractivity contribution >= 4 is 21.7 Å². The molecule has 1 fully saturated rings. The second kappa shape index (κ2) is 6.53.